The van der Waals surface area contributed by atoms with E-state index in [1.807, 2.05) is 24.3 Å². The summed E-state index contributed by atoms with van der Waals surface area (Å²) < 4.78 is 10.9. The Hall–Kier alpha value is -2.84. The first-order chi connectivity index (χ1) is 13.2. The number of oxazole rings is 1. The Balaban J connectivity index is 1.44. The maximum Gasteiger partial charge on any atom is 0.226 e. The molecule has 8 heteroatoms. The molecule has 0 spiro atoms. The monoisotopic (exact) mass is 367 g/mol. The molecule has 0 saturated carbocycles. The lowest BCUT2D eigenvalue weighted by Crippen LogP contribution is -2.38. The summed E-state index contributed by atoms with van der Waals surface area (Å²) in [5, 5.41) is 12.0. The van der Waals surface area contributed by atoms with E-state index in [0.717, 1.165) is 42.8 Å². The normalized spacial score (nSPS) is 15.1. The summed E-state index contributed by atoms with van der Waals surface area (Å²) in [5.41, 5.74) is 1.65. The van der Waals surface area contributed by atoms with Crippen molar-refractivity contribution >= 4 is 22.6 Å². The topological polar surface area (TPSA) is 93.4 Å². The predicted molar refractivity (Wildman–Crippen MR) is 100 cm³/mol. The van der Waals surface area contributed by atoms with Gasteiger partial charge in [0.1, 0.15) is 0 Å². The maximum absolute atomic E-state index is 12.2. The molecule has 27 heavy (non-hydrogen) atoms. The van der Waals surface area contributed by atoms with Gasteiger partial charge in [0.2, 0.25) is 5.91 Å². The summed E-state index contributed by atoms with van der Waals surface area (Å²) in [6, 6.07) is 7.56. The molecule has 0 radical (unpaired) electrons. The molecule has 1 aliphatic heterocycles. The fraction of sp³-hybridized carbons (Fsp3) is 0.368. The molecule has 1 saturated heterocycles. The average Bonchev–Trinajstić information content (AvgIpc) is 3.13. The number of fused-ring (bicyclic) bond motifs is 1. The van der Waals surface area contributed by atoms with Gasteiger partial charge in [-0.1, -0.05) is 0 Å². The van der Waals surface area contributed by atoms with Gasteiger partial charge in [-0.25, -0.2) is 4.98 Å². The summed E-state index contributed by atoms with van der Waals surface area (Å²) in [6.07, 6.45) is 2.11. The molecule has 2 aromatic heterocycles. The second kappa shape index (κ2) is 7.81. The van der Waals surface area contributed by atoms with Gasteiger partial charge in [0.05, 0.1) is 24.9 Å². The van der Waals surface area contributed by atoms with Crippen LogP contribution in [0, 0.1) is 6.92 Å². The summed E-state index contributed by atoms with van der Waals surface area (Å²) >= 11 is 0. The van der Waals surface area contributed by atoms with E-state index < -0.39 is 0 Å². The van der Waals surface area contributed by atoms with Crippen LogP contribution >= 0.6 is 0 Å². The van der Waals surface area contributed by atoms with Gasteiger partial charge in [-0.3, -0.25) is 9.69 Å². The van der Waals surface area contributed by atoms with Crippen LogP contribution in [0.15, 0.2) is 34.9 Å². The van der Waals surface area contributed by atoms with E-state index in [1.165, 1.54) is 0 Å². The minimum atomic E-state index is -0.0721. The molecular formula is C19H21N5O3. The van der Waals surface area contributed by atoms with E-state index in [2.05, 4.69) is 25.4 Å². The second-order valence-electron chi connectivity index (χ2n) is 6.50. The van der Waals surface area contributed by atoms with Gasteiger partial charge >= 0.3 is 0 Å². The number of morpholine rings is 1. The van der Waals surface area contributed by atoms with Gasteiger partial charge in [0, 0.05) is 43.9 Å². The van der Waals surface area contributed by atoms with E-state index >= 15 is 0 Å². The number of amides is 1. The Morgan fingerprint density at radius 1 is 1.22 bits per heavy atom. The fourth-order valence-corrected chi connectivity index (χ4v) is 3.04. The summed E-state index contributed by atoms with van der Waals surface area (Å²) in [5.74, 6) is 1.69. The number of hydrogen-bond donors (Lipinski definition) is 1. The van der Waals surface area contributed by atoms with Gasteiger partial charge in [-0.15, -0.1) is 10.2 Å². The summed E-state index contributed by atoms with van der Waals surface area (Å²) in [6.45, 7) is 5.71. The minimum absolute atomic E-state index is 0.0721. The standard InChI is InChI=1S/C19H21N5O3/c1-13-20-12-17(27-13)14-2-3-16-15(10-14)11-18(23-22-16)21-19(25)4-5-24-6-8-26-9-7-24/h2-3,10-12H,4-9H2,1H3,(H,21,23,25). The number of nitrogens with zero attached hydrogens (tertiary/aromatic N) is 4. The number of aryl methyl sites for hydroxylation is 1. The minimum Gasteiger partial charge on any atom is -0.441 e. The Labute approximate surface area is 156 Å². The van der Waals surface area contributed by atoms with Crippen molar-refractivity contribution in [2.75, 3.05) is 38.2 Å². The molecular weight excluding hydrogens is 346 g/mol. The molecule has 3 heterocycles. The van der Waals surface area contributed by atoms with Crippen LogP contribution in [0.2, 0.25) is 0 Å². The van der Waals surface area contributed by atoms with Gasteiger partial charge in [-0.2, -0.15) is 0 Å². The van der Waals surface area contributed by atoms with E-state index in [-0.39, 0.29) is 5.91 Å². The lowest BCUT2D eigenvalue weighted by Gasteiger charge is -2.26. The van der Waals surface area contributed by atoms with Gasteiger partial charge < -0.3 is 14.5 Å². The van der Waals surface area contributed by atoms with Crippen molar-refractivity contribution in [2.24, 2.45) is 0 Å². The Morgan fingerprint density at radius 2 is 2.07 bits per heavy atom. The van der Waals surface area contributed by atoms with Crippen LogP contribution in [0.4, 0.5) is 5.82 Å². The smallest absolute Gasteiger partial charge is 0.226 e. The number of carbonyl (C=O) groups excluding carboxylic acids is 1. The number of nitrogens with one attached hydrogen (secondary N) is 1. The first kappa shape index (κ1) is 17.6. The third kappa shape index (κ3) is 4.29. The highest BCUT2D eigenvalue weighted by Crippen LogP contribution is 2.25. The third-order valence-electron chi connectivity index (χ3n) is 4.52. The van der Waals surface area contributed by atoms with Crippen molar-refractivity contribution in [3.8, 4) is 11.3 Å². The summed E-state index contributed by atoms with van der Waals surface area (Å²) in [7, 11) is 0. The maximum atomic E-state index is 12.2. The lowest BCUT2D eigenvalue weighted by molar-refractivity contribution is -0.116. The zero-order valence-corrected chi connectivity index (χ0v) is 15.1. The van der Waals surface area contributed by atoms with E-state index in [1.54, 1.807) is 13.1 Å². The SMILES string of the molecule is Cc1ncc(-c2ccc3nnc(NC(=O)CCN4CCOCC4)cc3c2)o1. The van der Waals surface area contributed by atoms with Crippen LogP contribution in [-0.4, -0.2) is 58.8 Å². The van der Waals surface area contributed by atoms with Crippen LogP contribution in [0.5, 0.6) is 0 Å². The van der Waals surface area contributed by atoms with Crippen LogP contribution in [0.25, 0.3) is 22.2 Å². The predicted octanol–water partition coefficient (Wildman–Crippen LogP) is 2.25. The quantitative estimate of drug-likeness (QED) is 0.739. The van der Waals surface area contributed by atoms with Crippen LogP contribution in [0.1, 0.15) is 12.3 Å². The van der Waals surface area contributed by atoms with Crippen molar-refractivity contribution in [3.05, 3.63) is 36.4 Å². The van der Waals surface area contributed by atoms with E-state index in [0.29, 0.717) is 30.4 Å². The average molecular weight is 367 g/mol. The molecule has 1 aromatic carbocycles. The van der Waals surface area contributed by atoms with Crippen molar-refractivity contribution in [1.82, 2.24) is 20.1 Å². The van der Waals surface area contributed by atoms with Crippen molar-refractivity contribution < 1.29 is 13.9 Å². The first-order valence-corrected chi connectivity index (χ1v) is 8.98. The van der Waals surface area contributed by atoms with Gasteiger partial charge in [0.25, 0.3) is 0 Å². The van der Waals surface area contributed by atoms with Crippen molar-refractivity contribution in [1.29, 1.82) is 0 Å². The number of hydrogen-bond acceptors (Lipinski definition) is 7. The molecule has 0 atom stereocenters. The zero-order valence-electron chi connectivity index (χ0n) is 15.1. The van der Waals surface area contributed by atoms with Crippen LogP contribution < -0.4 is 5.32 Å². The van der Waals surface area contributed by atoms with Crippen LogP contribution in [-0.2, 0) is 9.53 Å². The van der Waals surface area contributed by atoms with E-state index in [9.17, 15) is 4.79 Å². The molecule has 0 unspecified atom stereocenters. The second-order valence-corrected chi connectivity index (χ2v) is 6.50. The van der Waals surface area contributed by atoms with E-state index in [4.69, 9.17) is 9.15 Å². The van der Waals surface area contributed by atoms with Crippen molar-refractivity contribution in [2.45, 2.75) is 13.3 Å². The lowest BCUT2D eigenvalue weighted by atomic mass is 10.1. The summed E-state index contributed by atoms with van der Waals surface area (Å²) in [4.78, 5) is 18.6. The fourth-order valence-electron chi connectivity index (χ4n) is 3.04. The molecule has 3 aromatic rings. The van der Waals surface area contributed by atoms with Gasteiger partial charge in [0.15, 0.2) is 17.5 Å². The zero-order chi connectivity index (χ0) is 18.6. The Kier molecular flexibility index (Phi) is 5.08. The molecule has 140 valence electrons. The first-order valence-electron chi connectivity index (χ1n) is 8.98. The number of ether oxygens (including phenoxy) is 1. The molecule has 0 bridgehead atoms. The highest BCUT2D eigenvalue weighted by molar-refractivity contribution is 5.92. The molecule has 1 N–H and O–H groups in total. The number of aromatic nitrogens is 3. The molecule has 0 aliphatic carbocycles. The molecule has 1 amide bonds. The van der Waals surface area contributed by atoms with Crippen molar-refractivity contribution in [3.63, 3.8) is 0 Å². The third-order valence-corrected chi connectivity index (χ3v) is 4.52. The number of anilines is 1. The highest BCUT2D eigenvalue weighted by atomic mass is 16.5. The highest BCUT2D eigenvalue weighted by Gasteiger charge is 2.13. The Bertz CT molecular complexity index is 949. The molecule has 1 fully saturated rings. The number of rotatable bonds is 5. The molecule has 8 nitrogen and oxygen atoms in total. The number of benzene rings is 1. The Morgan fingerprint density at radius 3 is 2.85 bits per heavy atom. The number of carbonyl (C=O) groups is 1. The van der Waals surface area contributed by atoms with Crippen LogP contribution in [0.3, 0.4) is 0 Å². The molecule has 4 rings (SSSR count). The molecule has 1 aliphatic rings. The largest absolute Gasteiger partial charge is 0.441 e. The van der Waals surface area contributed by atoms with Gasteiger partial charge in [-0.05, 0) is 24.3 Å².